The van der Waals surface area contributed by atoms with Gasteiger partial charge in [0.1, 0.15) is 60.5 Å². The van der Waals surface area contributed by atoms with Gasteiger partial charge < -0.3 is 48.8 Å². The van der Waals surface area contributed by atoms with Gasteiger partial charge >= 0.3 is 0 Å². The Kier molecular flexibility index (Phi) is 11.4. The Morgan fingerprint density at radius 3 is 1.50 bits per heavy atom. The van der Waals surface area contributed by atoms with Crippen molar-refractivity contribution in [2.75, 3.05) is 76.5 Å². The Hall–Kier alpha value is -7.04. The molecule has 16 nitrogen and oxygen atoms in total. The molecule has 2 N–H and O–H groups in total. The molecule has 0 spiro atoms. The zero-order valence-corrected chi connectivity index (χ0v) is 36.3. The minimum absolute atomic E-state index is 0.0386. The van der Waals surface area contributed by atoms with E-state index >= 15 is 0 Å². The third-order valence-corrected chi connectivity index (χ3v) is 12.7. The Labute approximate surface area is 377 Å². The number of rotatable bonds is 6. The number of benzene rings is 4. The molecule has 0 bridgehead atoms. The molecule has 0 saturated carbocycles. The number of phenols is 2. The number of nitrogens with zero attached hydrogens (tertiary/aromatic N) is 8. The van der Waals surface area contributed by atoms with Crippen LogP contribution in [-0.2, 0) is 9.59 Å². The van der Waals surface area contributed by atoms with Gasteiger partial charge in [0.15, 0.2) is 11.5 Å². The average molecular weight is 906 g/mol. The third kappa shape index (κ3) is 7.21. The third-order valence-electron chi connectivity index (χ3n) is 11.9. The number of hydrogen-bond donors (Lipinski definition) is 2. The summed E-state index contributed by atoms with van der Waals surface area (Å²) in [6.07, 6.45) is 5.66. The molecule has 2 atom stereocenters. The van der Waals surface area contributed by atoms with Gasteiger partial charge in [-0.25, -0.2) is 19.9 Å². The number of aromatic nitrogens is 4. The first-order valence-electron chi connectivity index (χ1n) is 20.3. The van der Waals surface area contributed by atoms with Crippen LogP contribution >= 0.6 is 23.2 Å². The summed E-state index contributed by atoms with van der Waals surface area (Å²) >= 11 is 13.7. The van der Waals surface area contributed by atoms with Crippen LogP contribution in [0.5, 0.6) is 34.5 Å². The predicted molar refractivity (Wildman–Crippen MR) is 243 cm³/mol. The van der Waals surface area contributed by atoms with Crippen LogP contribution in [0.4, 0.5) is 11.6 Å². The summed E-state index contributed by atoms with van der Waals surface area (Å²) in [4.78, 5) is 50.1. The summed E-state index contributed by atoms with van der Waals surface area (Å²) in [5.41, 5.74) is 3.31. The number of piperazine rings is 2. The fourth-order valence-electron chi connectivity index (χ4n) is 8.86. The molecule has 2 aromatic heterocycles. The standard InChI is InChI=1S/2C23H21ClN4O4/c2*1-3-18(30)27-7-8-28-13(10-27)11-32-22-20-15(25-12-26-23(20)28)9-14(21(22)24)19-16(29)5-4-6-17(19)31-2/h2*3-6,9,12-13,29H,1,7-8,10-11H2,2H3/t2*13-/m00/s1. The van der Waals surface area contributed by atoms with Gasteiger partial charge in [-0.05, 0) is 48.6 Å². The zero-order valence-electron chi connectivity index (χ0n) is 34.8. The van der Waals surface area contributed by atoms with E-state index in [0.717, 1.165) is 11.6 Å². The molecule has 64 heavy (non-hydrogen) atoms. The molecule has 2 amide bonds. The maximum Gasteiger partial charge on any atom is 0.246 e. The second-order valence-electron chi connectivity index (χ2n) is 15.3. The van der Waals surface area contributed by atoms with Crippen molar-refractivity contribution in [1.82, 2.24) is 29.7 Å². The molecular formula is C46H42Cl2N8O8. The van der Waals surface area contributed by atoms with Crippen LogP contribution in [0.1, 0.15) is 0 Å². The van der Waals surface area contributed by atoms with Crippen LogP contribution in [0.2, 0.25) is 10.0 Å². The quantitative estimate of drug-likeness (QED) is 0.173. The van der Waals surface area contributed by atoms with Crippen molar-refractivity contribution in [3.8, 4) is 56.8 Å². The number of fused-ring (bicyclic) bond motifs is 4. The number of phenolic OH excluding ortho intramolecular Hbond substituents is 2. The molecule has 10 rings (SSSR count). The highest BCUT2D eigenvalue weighted by Gasteiger charge is 2.37. The Balaban J connectivity index is 0.000000162. The molecule has 4 aliphatic heterocycles. The Morgan fingerprint density at radius 2 is 1.11 bits per heavy atom. The lowest BCUT2D eigenvalue weighted by molar-refractivity contribution is -0.127. The SMILES string of the molecule is C=CC(=O)N1CCN2c3ncnc4cc(-c5c(O)cccc5OC)c(Cl)c(c34)OC[C@@H]2C1.C=CC(=O)N1CCN2c3ncnc4cc(-c5c(O)cccc5OC)c(Cl)c(c34)OC[C@@H]2C1. The monoisotopic (exact) mass is 904 g/mol. The van der Waals surface area contributed by atoms with Crippen LogP contribution in [0.25, 0.3) is 44.1 Å². The molecule has 4 aliphatic rings. The van der Waals surface area contributed by atoms with Gasteiger partial charge in [-0.1, -0.05) is 48.5 Å². The first-order chi connectivity index (χ1) is 31.1. The lowest BCUT2D eigenvalue weighted by Gasteiger charge is -2.40. The van der Waals surface area contributed by atoms with E-state index in [0.29, 0.717) is 130 Å². The van der Waals surface area contributed by atoms with E-state index in [9.17, 15) is 19.8 Å². The van der Waals surface area contributed by atoms with Gasteiger partial charge in [-0.2, -0.15) is 0 Å². The number of aromatic hydroxyl groups is 2. The summed E-state index contributed by atoms with van der Waals surface area (Å²) in [5, 5.41) is 23.2. The molecule has 2 saturated heterocycles. The minimum Gasteiger partial charge on any atom is -0.507 e. The number of methoxy groups -OCH3 is 2. The van der Waals surface area contributed by atoms with E-state index in [1.807, 2.05) is 12.1 Å². The van der Waals surface area contributed by atoms with Crippen molar-refractivity contribution in [3.05, 3.63) is 96.5 Å². The summed E-state index contributed by atoms with van der Waals surface area (Å²) in [5.74, 6) is 3.18. The van der Waals surface area contributed by atoms with Crippen molar-refractivity contribution >= 4 is 68.5 Å². The van der Waals surface area contributed by atoms with Crippen molar-refractivity contribution in [3.63, 3.8) is 0 Å². The van der Waals surface area contributed by atoms with Gasteiger partial charge in [0.2, 0.25) is 11.8 Å². The lowest BCUT2D eigenvalue weighted by atomic mass is 10.0. The van der Waals surface area contributed by atoms with Crippen LogP contribution in [0.3, 0.4) is 0 Å². The smallest absolute Gasteiger partial charge is 0.246 e. The van der Waals surface area contributed by atoms with E-state index in [1.165, 1.54) is 39.0 Å². The highest BCUT2D eigenvalue weighted by Crippen LogP contribution is 2.51. The first-order valence-corrected chi connectivity index (χ1v) is 21.1. The fraction of sp³-hybridized carbons (Fsp3) is 0.261. The second-order valence-corrected chi connectivity index (χ2v) is 16.1. The number of hydrogen-bond acceptors (Lipinski definition) is 14. The zero-order chi connectivity index (χ0) is 44.8. The molecule has 6 aromatic rings. The normalized spacial score (nSPS) is 17.4. The van der Waals surface area contributed by atoms with Gasteiger partial charge in [0.25, 0.3) is 0 Å². The van der Waals surface area contributed by atoms with E-state index in [2.05, 4.69) is 42.9 Å². The van der Waals surface area contributed by atoms with E-state index in [1.54, 1.807) is 46.2 Å². The van der Waals surface area contributed by atoms with Crippen LogP contribution in [-0.4, -0.2) is 131 Å². The van der Waals surface area contributed by atoms with Gasteiger partial charge in [-0.15, -0.1) is 0 Å². The van der Waals surface area contributed by atoms with Crippen LogP contribution in [0, 0.1) is 0 Å². The molecular weight excluding hydrogens is 863 g/mol. The van der Waals surface area contributed by atoms with Gasteiger partial charge in [0, 0.05) is 50.4 Å². The number of carbonyl (C=O) groups is 2. The molecule has 6 heterocycles. The fourth-order valence-corrected chi connectivity index (χ4v) is 9.46. The van der Waals surface area contributed by atoms with Crippen molar-refractivity contribution in [1.29, 1.82) is 0 Å². The topological polar surface area (TPSA) is 176 Å². The van der Waals surface area contributed by atoms with Crippen molar-refractivity contribution in [2.24, 2.45) is 0 Å². The highest BCUT2D eigenvalue weighted by molar-refractivity contribution is 6.37. The Bertz CT molecular complexity index is 2690. The molecule has 2 fully saturated rings. The summed E-state index contributed by atoms with van der Waals surface area (Å²) in [6, 6.07) is 13.5. The lowest BCUT2D eigenvalue weighted by Crippen LogP contribution is -2.56. The van der Waals surface area contributed by atoms with Crippen molar-refractivity contribution in [2.45, 2.75) is 12.1 Å². The summed E-state index contributed by atoms with van der Waals surface area (Å²) in [6.45, 7) is 11.1. The summed E-state index contributed by atoms with van der Waals surface area (Å²) in [7, 11) is 3.07. The number of amides is 2. The molecule has 328 valence electrons. The van der Waals surface area contributed by atoms with E-state index < -0.39 is 0 Å². The van der Waals surface area contributed by atoms with Crippen molar-refractivity contribution < 1.29 is 38.7 Å². The predicted octanol–water partition coefficient (Wildman–Crippen LogP) is 6.52. The average Bonchev–Trinajstić information content (AvgIpc) is 3.60. The molecule has 0 unspecified atom stereocenters. The maximum absolute atomic E-state index is 12.2. The number of carbonyl (C=O) groups excluding carboxylic acids is 2. The number of anilines is 2. The Morgan fingerprint density at radius 1 is 0.688 bits per heavy atom. The second kappa shape index (κ2) is 17.3. The first kappa shape index (κ1) is 42.3. The molecule has 0 radical (unpaired) electrons. The largest absolute Gasteiger partial charge is 0.507 e. The van der Waals surface area contributed by atoms with Gasteiger partial charge in [-0.3, -0.25) is 9.59 Å². The maximum atomic E-state index is 12.2. The molecule has 0 aliphatic carbocycles. The van der Waals surface area contributed by atoms with Crippen LogP contribution < -0.4 is 28.7 Å². The summed E-state index contributed by atoms with van der Waals surface area (Å²) < 4.78 is 23.4. The molecule has 4 aromatic carbocycles. The van der Waals surface area contributed by atoms with Crippen LogP contribution in [0.15, 0.2) is 86.5 Å². The highest BCUT2D eigenvalue weighted by atomic mass is 35.5. The molecule has 18 heteroatoms. The van der Waals surface area contributed by atoms with Gasteiger partial charge in [0.05, 0.1) is 69.3 Å². The van der Waals surface area contributed by atoms with E-state index in [-0.39, 0.29) is 35.4 Å². The van der Waals surface area contributed by atoms with E-state index in [4.69, 9.17) is 42.1 Å². The minimum atomic E-state index is -0.105. The number of ether oxygens (including phenoxy) is 4. The number of halogens is 2.